The van der Waals surface area contributed by atoms with Crippen LogP contribution >= 0.6 is 0 Å². The zero-order valence-corrected chi connectivity index (χ0v) is 30.6. The molecule has 4 saturated heterocycles. The summed E-state index contributed by atoms with van der Waals surface area (Å²) in [6.45, 7) is 3.66. The van der Waals surface area contributed by atoms with Gasteiger partial charge >= 0.3 is 12.0 Å². The molecule has 0 saturated carbocycles. The van der Waals surface area contributed by atoms with Gasteiger partial charge in [-0.15, -0.1) is 0 Å². The lowest BCUT2D eigenvalue weighted by Crippen LogP contribution is -2.62. The van der Waals surface area contributed by atoms with Crippen LogP contribution in [0.5, 0.6) is 0 Å². The fraction of sp³-hybridized carbons (Fsp3) is 0.526. The number of urea groups is 1. The van der Waals surface area contributed by atoms with Crippen LogP contribution in [0.4, 0.5) is 10.5 Å². The molecule has 4 aliphatic heterocycles. The first-order valence-corrected chi connectivity index (χ1v) is 18.7. The smallest absolute Gasteiger partial charge is 0.328 e. The van der Waals surface area contributed by atoms with Crippen molar-refractivity contribution in [2.75, 3.05) is 31.6 Å². The van der Waals surface area contributed by atoms with Crippen molar-refractivity contribution in [2.45, 2.75) is 95.0 Å². The Morgan fingerprint density at radius 3 is 2.37 bits per heavy atom. The highest BCUT2D eigenvalue weighted by molar-refractivity contribution is 5.98. The molecule has 0 bridgehead atoms. The molecule has 0 radical (unpaired) electrons. The number of ether oxygens (including phenoxy) is 1. The molecule has 288 valence electrons. The monoisotopic (exact) mass is 744 g/mol. The van der Waals surface area contributed by atoms with E-state index in [-0.39, 0.29) is 25.4 Å². The van der Waals surface area contributed by atoms with Gasteiger partial charge in [0.1, 0.15) is 42.9 Å². The summed E-state index contributed by atoms with van der Waals surface area (Å²) in [5.74, 6) is -3.49. The third-order valence-electron chi connectivity index (χ3n) is 10.5. The van der Waals surface area contributed by atoms with Crippen LogP contribution in [0.1, 0.15) is 57.9 Å². The van der Waals surface area contributed by atoms with Gasteiger partial charge in [0.2, 0.25) is 29.5 Å². The summed E-state index contributed by atoms with van der Waals surface area (Å²) in [4.78, 5) is 105. The van der Waals surface area contributed by atoms with E-state index >= 15 is 0 Å². The summed E-state index contributed by atoms with van der Waals surface area (Å²) in [5.41, 5.74) is 1.13. The molecule has 2 aromatic rings. The van der Waals surface area contributed by atoms with Crippen LogP contribution in [0, 0.1) is 5.92 Å². The number of cyclic esters (lactones) is 1. The number of anilines is 1. The van der Waals surface area contributed by atoms with Gasteiger partial charge in [-0.3, -0.25) is 29.0 Å². The van der Waals surface area contributed by atoms with Gasteiger partial charge in [-0.25, -0.2) is 9.59 Å². The lowest BCUT2D eigenvalue weighted by atomic mass is 9.99. The van der Waals surface area contributed by atoms with E-state index in [9.17, 15) is 33.6 Å². The van der Waals surface area contributed by atoms with E-state index in [0.717, 1.165) is 5.56 Å². The second-order valence-electron chi connectivity index (χ2n) is 14.6. The highest BCUT2D eigenvalue weighted by Crippen LogP contribution is 2.28. The van der Waals surface area contributed by atoms with E-state index in [1.54, 1.807) is 49.5 Å². The van der Waals surface area contributed by atoms with Gasteiger partial charge in [0, 0.05) is 32.3 Å². The summed E-state index contributed by atoms with van der Waals surface area (Å²) < 4.78 is 5.73. The standard InChI is InChI=1S/C38H48N8O8/c1-23-18-31-37(52)54-22-28(42-32(47)27(19-25-10-4-3-5-11-25)43-38(53)41-26-12-8-15-39-20-26)35(50)45-17-9-14-30(45)36(51)44-16-7-6-13-29(44)33(48)40-24(2)34(49)46(31)21-23/h3-5,8,10-12,15,20,23-24,27-31H,6-7,9,13-14,16-19,21-22H2,1-2H3,(H,40,48)(H,42,47)(H2,41,43,53). The molecule has 0 aliphatic carbocycles. The van der Waals surface area contributed by atoms with E-state index in [1.807, 2.05) is 13.0 Å². The molecule has 7 atom stereocenters. The molecular weight excluding hydrogens is 696 g/mol. The van der Waals surface area contributed by atoms with Gasteiger partial charge in [-0.05, 0) is 69.1 Å². The Labute approximate surface area is 313 Å². The molecule has 16 heteroatoms. The normalized spacial score (nSPS) is 27.2. The van der Waals surface area contributed by atoms with Crippen molar-refractivity contribution in [3.05, 3.63) is 60.4 Å². The number of nitrogens with zero attached hydrogens (tertiary/aromatic N) is 4. The number of fused-ring (bicyclic) bond motifs is 3. The molecule has 1 aromatic heterocycles. The van der Waals surface area contributed by atoms with E-state index in [0.29, 0.717) is 50.8 Å². The molecular formula is C38H48N8O8. The van der Waals surface area contributed by atoms with Gasteiger partial charge < -0.3 is 40.7 Å². The van der Waals surface area contributed by atoms with Gasteiger partial charge in [0.05, 0.1) is 11.9 Å². The number of rotatable bonds is 6. The fourth-order valence-electron chi connectivity index (χ4n) is 7.81. The van der Waals surface area contributed by atoms with Gasteiger partial charge in [-0.2, -0.15) is 0 Å². The number of hydrogen-bond donors (Lipinski definition) is 4. The van der Waals surface area contributed by atoms with Crippen LogP contribution in [0.2, 0.25) is 0 Å². The molecule has 16 nitrogen and oxygen atoms in total. The fourth-order valence-corrected chi connectivity index (χ4v) is 7.81. The minimum atomic E-state index is -1.44. The van der Waals surface area contributed by atoms with Crippen LogP contribution in [0.15, 0.2) is 54.9 Å². The Hall–Kier alpha value is -5.54. The van der Waals surface area contributed by atoms with Crippen LogP contribution < -0.4 is 21.3 Å². The second-order valence-corrected chi connectivity index (χ2v) is 14.6. The van der Waals surface area contributed by atoms with Gasteiger partial charge in [0.25, 0.3) is 0 Å². The zero-order chi connectivity index (χ0) is 38.4. The Morgan fingerprint density at radius 2 is 1.61 bits per heavy atom. The number of amides is 7. The summed E-state index contributed by atoms with van der Waals surface area (Å²) in [7, 11) is 0. The van der Waals surface area contributed by atoms with Crippen molar-refractivity contribution < 1.29 is 38.3 Å². The summed E-state index contributed by atoms with van der Waals surface area (Å²) in [6.07, 6.45) is 6.00. The Balaban J connectivity index is 1.30. The topological polar surface area (TPSA) is 199 Å². The number of pyridine rings is 1. The number of piperidine rings is 1. The minimum Gasteiger partial charge on any atom is -0.461 e. The van der Waals surface area contributed by atoms with Crippen molar-refractivity contribution in [1.29, 1.82) is 0 Å². The number of esters is 1. The molecule has 0 spiro atoms. The van der Waals surface area contributed by atoms with Crippen LogP contribution in [0.25, 0.3) is 0 Å². The van der Waals surface area contributed by atoms with E-state index in [2.05, 4.69) is 26.3 Å². The first-order valence-electron chi connectivity index (χ1n) is 18.7. The number of carbonyl (C=O) groups excluding carboxylic acids is 7. The molecule has 4 aliphatic rings. The third kappa shape index (κ3) is 8.80. The summed E-state index contributed by atoms with van der Waals surface area (Å²) in [5, 5.41) is 10.9. The maximum Gasteiger partial charge on any atom is 0.328 e. The third-order valence-corrected chi connectivity index (χ3v) is 10.5. The predicted octanol–water partition coefficient (Wildman–Crippen LogP) is 0.970. The predicted molar refractivity (Wildman–Crippen MR) is 194 cm³/mol. The number of carbonyl (C=O) groups is 7. The maximum absolute atomic E-state index is 14.4. The van der Waals surface area contributed by atoms with Gasteiger partial charge in [0.15, 0.2) is 0 Å². The lowest BCUT2D eigenvalue weighted by molar-refractivity contribution is -0.158. The molecule has 54 heavy (non-hydrogen) atoms. The number of hydrogen-bond acceptors (Lipinski definition) is 9. The molecule has 5 heterocycles. The van der Waals surface area contributed by atoms with Crippen LogP contribution in [0.3, 0.4) is 0 Å². The van der Waals surface area contributed by atoms with E-state index < -0.39 is 84.4 Å². The molecule has 6 rings (SSSR count). The average Bonchev–Trinajstić information content (AvgIpc) is 3.83. The summed E-state index contributed by atoms with van der Waals surface area (Å²) >= 11 is 0. The SMILES string of the molecule is CC1CC2C(=O)OCC(NC(=O)C(Cc3ccccc3)NC(=O)Nc3cccnc3)C(=O)N3CCCC3C(=O)N3CCCCC3C(=O)NC(C)C(=O)N2C1. The molecule has 1 aromatic carbocycles. The van der Waals surface area contributed by atoms with Crippen LogP contribution in [-0.4, -0.2) is 124 Å². The minimum absolute atomic E-state index is 0.0481. The largest absolute Gasteiger partial charge is 0.461 e. The zero-order valence-electron chi connectivity index (χ0n) is 30.6. The molecule has 4 fully saturated rings. The van der Waals surface area contributed by atoms with Crippen LogP contribution in [-0.2, 0) is 39.9 Å². The highest BCUT2D eigenvalue weighted by Gasteiger charge is 2.46. The first kappa shape index (κ1) is 38.2. The quantitative estimate of drug-likeness (QED) is 0.312. The summed E-state index contributed by atoms with van der Waals surface area (Å²) in [6, 6.07) is 5.30. The number of aromatic nitrogens is 1. The first-order chi connectivity index (χ1) is 26.0. The van der Waals surface area contributed by atoms with Crippen molar-refractivity contribution in [1.82, 2.24) is 35.6 Å². The van der Waals surface area contributed by atoms with E-state index in [1.165, 1.54) is 20.9 Å². The number of benzene rings is 1. The van der Waals surface area contributed by atoms with Crippen molar-refractivity contribution in [3.8, 4) is 0 Å². The lowest BCUT2D eigenvalue weighted by Gasteiger charge is -2.39. The molecule has 7 unspecified atom stereocenters. The maximum atomic E-state index is 14.4. The van der Waals surface area contributed by atoms with E-state index in [4.69, 9.17) is 4.74 Å². The highest BCUT2D eigenvalue weighted by atomic mass is 16.5. The Bertz CT molecular complexity index is 1730. The Kier molecular flexibility index (Phi) is 12.1. The van der Waals surface area contributed by atoms with Gasteiger partial charge in [-0.1, -0.05) is 37.3 Å². The molecule has 7 amide bonds. The second kappa shape index (κ2) is 17.1. The van der Waals surface area contributed by atoms with Crippen molar-refractivity contribution in [3.63, 3.8) is 0 Å². The molecule has 4 N–H and O–H groups in total. The van der Waals surface area contributed by atoms with Crippen molar-refractivity contribution >= 4 is 47.2 Å². The van der Waals surface area contributed by atoms with Crippen molar-refractivity contribution in [2.24, 2.45) is 5.92 Å². The number of nitrogens with one attached hydrogen (secondary N) is 4. The Morgan fingerprint density at radius 1 is 0.870 bits per heavy atom. The average molecular weight is 745 g/mol.